The largest absolute Gasteiger partial charge is 0.490 e. The minimum Gasteiger partial charge on any atom is -0.490 e. The van der Waals surface area contributed by atoms with Gasteiger partial charge in [0.25, 0.3) is 0 Å². The van der Waals surface area contributed by atoms with E-state index in [0.717, 1.165) is 18.6 Å². The van der Waals surface area contributed by atoms with Crippen molar-refractivity contribution in [1.82, 2.24) is 0 Å². The van der Waals surface area contributed by atoms with Gasteiger partial charge in [-0.25, -0.2) is 0 Å². The first kappa shape index (κ1) is 11.5. The van der Waals surface area contributed by atoms with Crippen LogP contribution >= 0.6 is 11.6 Å². The van der Waals surface area contributed by atoms with Crippen LogP contribution in [0.25, 0.3) is 0 Å². The summed E-state index contributed by atoms with van der Waals surface area (Å²) in [5.41, 5.74) is 0.647. The van der Waals surface area contributed by atoms with E-state index in [2.05, 4.69) is 0 Å². The van der Waals surface area contributed by atoms with Gasteiger partial charge in [-0.2, -0.15) is 0 Å². The van der Waals surface area contributed by atoms with Gasteiger partial charge in [-0.05, 0) is 49.9 Å². The van der Waals surface area contributed by atoms with Crippen LogP contribution in [0.2, 0.25) is 0 Å². The maximum Gasteiger partial charge on any atom is 0.177 e. The number of alkyl halides is 1. The normalized spacial score (nSPS) is 16.3. The number of Topliss-reactive ketones (excluding diaryl/α,β-unsaturated/α-hetero) is 1. The van der Waals surface area contributed by atoms with Crippen LogP contribution in [0, 0.1) is 0 Å². The van der Waals surface area contributed by atoms with Crippen LogP contribution in [-0.2, 0) is 0 Å². The van der Waals surface area contributed by atoms with Crippen LogP contribution in [0.4, 0.5) is 0 Å². The molecular weight excluding hydrogens is 224 g/mol. The molecule has 0 bridgehead atoms. The SMILES string of the molecule is O=C(CCl)c1ccc(OC2CCCC2)cc1. The van der Waals surface area contributed by atoms with Crippen molar-refractivity contribution in [2.45, 2.75) is 31.8 Å². The standard InChI is InChI=1S/C13H15ClO2/c14-9-13(15)10-5-7-12(8-6-10)16-11-3-1-2-4-11/h5-8,11H,1-4,9H2. The average Bonchev–Trinajstić information content (AvgIpc) is 2.82. The molecule has 1 fully saturated rings. The number of halogens is 1. The number of benzene rings is 1. The van der Waals surface area contributed by atoms with Crippen molar-refractivity contribution in [3.8, 4) is 5.75 Å². The third-order valence-corrected chi connectivity index (χ3v) is 3.15. The lowest BCUT2D eigenvalue weighted by molar-refractivity contribution is 0.102. The first-order chi connectivity index (χ1) is 7.79. The molecule has 1 aliphatic carbocycles. The van der Waals surface area contributed by atoms with Gasteiger partial charge in [-0.3, -0.25) is 4.79 Å². The van der Waals surface area contributed by atoms with Crippen LogP contribution < -0.4 is 4.74 Å². The van der Waals surface area contributed by atoms with E-state index < -0.39 is 0 Å². The number of ketones is 1. The molecule has 0 heterocycles. The predicted molar refractivity (Wildman–Crippen MR) is 64.4 cm³/mol. The Kier molecular flexibility index (Phi) is 3.83. The molecule has 1 aromatic rings. The Labute approximate surface area is 101 Å². The predicted octanol–water partition coefficient (Wildman–Crippen LogP) is 3.43. The van der Waals surface area contributed by atoms with Gasteiger partial charge in [0.1, 0.15) is 5.75 Å². The van der Waals surface area contributed by atoms with Gasteiger partial charge in [0.15, 0.2) is 5.78 Å². The summed E-state index contributed by atoms with van der Waals surface area (Å²) in [6, 6.07) is 7.24. The van der Waals surface area contributed by atoms with Gasteiger partial charge >= 0.3 is 0 Å². The molecule has 2 rings (SSSR count). The number of rotatable bonds is 4. The quantitative estimate of drug-likeness (QED) is 0.593. The third kappa shape index (κ3) is 2.76. The van der Waals surface area contributed by atoms with Crippen molar-refractivity contribution >= 4 is 17.4 Å². The van der Waals surface area contributed by atoms with Crippen molar-refractivity contribution in [3.63, 3.8) is 0 Å². The molecule has 0 unspecified atom stereocenters. The fraction of sp³-hybridized carbons (Fsp3) is 0.462. The molecular formula is C13H15ClO2. The monoisotopic (exact) mass is 238 g/mol. The summed E-state index contributed by atoms with van der Waals surface area (Å²) in [5.74, 6) is 0.829. The minimum absolute atomic E-state index is 0.0306. The van der Waals surface area contributed by atoms with Crippen molar-refractivity contribution < 1.29 is 9.53 Å². The van der Waals surface area contributed by atoms with E-state index in [1.165, 1.54) is 12.8 Å². The molecule has 86 valence electrons. The molecule has 1 saturated carbocycles. The smallest absolute Gasteiger partial charge is 0.177 e. The maximum atomic E-state index is 11.3. The lowest BCUT2D eigenvalue weighted by atomic mass is 10.1. The lowest BCUT2D eigenvalue weighted by Crippen LogP contribution is -2.10. The second-order valence-electron chi connectivity index (χ2n) is 4.11. The molecule has 2 nitrogen and oxygen atoms in total. The van der Waals surface area contributed by atoms with Crippen LogP contribution in [0.5, 0.6) is 5.75 Å². The highest BCUT2D eigenvalue weighted by Gasteiger charge is 2.16. The zero-order valence-corrected chi connectivity index (χ0v) is 9.87. The van der Waals surface area contributed by atoms with Crippen molar-refractivity contribution in [2.75, 3.05) is 5.88 Å². The highest BCUT2D eigenvalue weighted by molar-refractivity contribution is 6.30. The summed E-state index contributed by atoms with van der Waals surface area (Å²) in [6.45, 7) is 0. The summed E-state index contributed by atoms with van der Waals surface area (Å²) < 4.78 is 5.80. The molecule has 0 radical (unpaired) electrons. The average molecular weight is 239 g/mol. The van der Waals surface area contributed by atoms with Crippen molar-refractivity contribution in [3.05, 3.63) is 29.8 Å². The Morgan fingerprint density at radius 2 is 1.88 bits per heavy atom. The van der Waals surface area contributed by atoms with E-state index in [4.69, 9.17) is 16.3 Å². The fourth-order valence-electron chi connectivity index (χ4n) is 2.00. The summed E-state index contributed by atoms with van der Waals surface area (Å²) in [7, 11) is 0. The Morgan fingerprint density at radius 3 is 2.44 bits per heavy atom. The highest BCUT2D eigenvalue weighted by atomic mass is 35.5. The van der Waals surface area contributed by atoms with Gasteiger partial charge in [0.2, 0.25) is 0 Å². The van der Waals surface area contributed by atoms with Gasteiger partial charge in [-0.15, -0.1) is 11.6 Å². The second kappa shape index (κ2) is 5.35. The lowest BCUT2D eigenvalue weighted by Gasteiger charge is -2.12. The van der Waals surface area contributed by atoms with Gasteiger partial charge < -0.3 is 4.74 Å². The molecule has 1 aromatic carbocycles. The molecule has 0 aromatic heterocycles. The molecule has 0 amide bonds. The van der Waals surface area contributed by atoms with E-state index in [1.54, 1.807) is 12.1 Å². The van der Waals surface area contributed by atoms with Crippen molar-refractivity contribution in [1.29, 1.82) is 0 Å². The second-order valence-corrected chi connectivity index (χ2v) is 4.37. The molecule has 0 N–H and O–H groups in total. The van der Waals surface area contributed by atoms with E-state index in [-0.39, 0.29) is 11.7 Å². The zero-order chi connectivity index (χ0) is 11.4. The number of carbonyl (C=O) groups excluding carboxylic acids is 1. The molecule has 0 atom stereocenters. The van der Waals surface area contributed by atoms with E-state index in [1.807, 2.05) is 12.1 Å². The number of ether oxygens (including phenoxy) is 1. The summed E-state index contributed by atoms with van der Waals surface area (Å²) >= 11 is 5.48. The molecule has 0 aliphatic heterocycles. The first-order valence-corrected chi connectivity index (χ1v) is 6.19. The minimum atomic E-state index is -0.0471. The van der Waals surface area contributed by atoms with Crippen molar-refractivity contribution in [2.24, 2.45) is 0 Å². The van der Waals surface area contributed by atoms with Gasteiger partial charge in [0.05, 0.1) is 12.0 Å². The Balaban J connectivity index is 1.98. The van der Waals surface area contributed by atoms with Gasteiger partial charge in [-0.1, -0.05) is 0 Å². The summed E-state index contributed by atoms with van der Waals surface area (Å²) in [4.78, 5) is 11.3. The third-order valence-electron chi connectivity index (χ3n) is 2.90. The summed E-state index contributed by atoms with van der Waals surface area (Å²) in [6.07, 6.45) is 5.15. The molecule has 3 heteroatoms. The van der Waals surface area contributed by atoms with E-state index in [0.29, 0.717) is 11.7 Å². The van der Waals surface area contributed by atoms with Gasteiger partial charge in [0, 0.05) is 5.56 Å². The number of carbonyl (C=O) groups is 1. The van der Waals surface area contributed by atoms with Crippen LogP contribution in [-0.4, -0.2) is 17.8 Å². The first-order valence-electron chi connectivity index (χ1n) is 5.65. The fourth-order valence-corrected chi connectivity index (χ4v) is 2.15. The molecule has 16 heavy (non-hydrogen) atoms. The van der Waals surface area contributed by atoms with Crippen LogP contribution in [0.1, 0.15) is 36.0 Å². The number of hydrogen-bond donors (Lipinski definition) is 0. The Hall–Kier alpha value is -1.02. The molecule has 1 aliphatic rings. The highest BCUT2D eigenvalue weighted by Crippen LogP contribution is 2.24. The number of hydrogen-bond acceptors (Lipinski definition) is 2. The summed E-state index contributed by atoms with van der Waals surface area (Å²) in [5, 5.41) is 0. The molecule has 0 saturated heterocycles. The zero-order valence-electron chi connectivity index (χ0n) is 9.12. The van der Waals surface area contributed by atoms with Crippen LogP contribution in [0.3, 0.4) is 0 Å². The van der Waals surface area contributed by atoms with E-state index in [9.17, 15) is 4.79 Å². The maximum absolute atomic E-state index is 11.3. The Morgan fingerprint density at radius 1 is 1.25 bits per heavy atom. The Bertz CT molecular complexity index is 353. The molecule has 0 spiro atoms. The van der Waals surface area contributed by atoms with E-state index >= 15 is 0 Å². The topological polar surface area (TPSA) is 26.3 Å². The van der Waals surface area contributed by atoms with Crippen LogP contribution in [0.15, 0.2) is 24.3 Å².